The lowest BCUT2D eigenvalue weighted by Gasteiger charge is -2.20. The topological polar surface area (TPSA) is 51.7 Å². The molecule has 0 saturated heterocycles. The number of ether oxygens (including phenoxy) is 2. The normalized spacial score (nSPS) is 10.6. The van der Waals surface area contributed by atoms with Crippen molar-refractivity contribution in [1.29, 1.82) is 0 Å². The highest BCUT2D eigenvalue weighted by Crippen LogP contribution is 2.31. The van der Waals surface area contributed by atoms with Crippen molar-refractivity contribution in [1.82, 2.24) is 4.98 Å². The number of carbonyl (C=O) groups is 1. The Bertz CT molecular complexity index is 972. The van der Waals surface area contributed by atoms with Crippen molar-refractivity contribution in [2.24, 2.45) is 0 Å². The molecule has 152 valence electrons. The maximum atomic E-state index is 13.3. The van der Waals surface area contributed by atoms with E-state index in [1.807, 2.05) is 5.38 Å². The Kier molecular flexibility index (Phi) is 6.82. The van der Waals surface area contributed by atoms with E-state index in [-0.39, 0.29) is 11.7 Å². The summed E-state index contributed by atoms with van der Waals surface area (Å²) in [7, 11) is 3.09. The monoisotopic (exact) mass is 414 g/mol. The summed E-state index contributed by atoms with van der Waals surface area (Å²) in [5.74, 6) is 0.619. The Morgan fingerprint density at radius 2 is 1.83 bits per heavy atom. The molecule has 0 spiro atoms. The second-order valence-electron chi connectivity index (χ2n) is 6.40. The van der Waals surface area contributed by atoms with Gasteiger partial charge in [0.1, 0.15) is 5.82 Å². The average Bonchev–Trinajstić information content (AvgIpc) is 3.23. The van der Waals surface area contributed by atoms with E-state index in [0.717, 1.165) is 18.4 Å². The van der Waals surface area contributed by atoms with Crippen molar-refractivity contribution >= 4 is 22.4 Å². The summed E-state index contributed by atoms with van der Waals surface area (Å²) < 4.78 is 23.8. The molecule has 1 aromatic heterocycles. The minimum absolute atomic E-state index is 0.153. The number of methoxy groups -OCH3 is 2. The van der Waals surface area contributed by atoms with Gasteiger partial charge in [0.2, 0.25) is 0 Å². The summed E-state index contributed by atoms with van der Waals surface area (Å²) in [6.07, 6.45) is 1.80. The van der Waals surface area contributed by atoms with E-state index in [4.69, 9.17) is 9.47 Å². The molecule has 3 rings (SSSR count). The van der Waals surface area contributed by atoms with E-state index < -0.39 is 0 Å². The van der Waals surface area contributed by atoms with Crippen molar-refractivity contribution < 1.29 is 18.7 Å². The maximum Gasteiger partial charge on any atom is 0.260 e. The summed E-state index contributed by atoms with van der Waals surface area (Å²) in [5, 5.41) is 2.49. The number of thiazole rings is 1. The SMILES string of the molecule is CCCCN(C(=O)c1ccc(OC)c(OC)c1)c1nc(-c2ccc(F)cc2)cs1. The minimum Gasteiger partial charge on any atom is -0.493 e. The minimum atomic E-state index is -0.294. The molecular formula is C22H23FN2O3S. The first-order valence-corrected chi connectivity index (χ1v) is 10.2. The number of halogens is 1. The van der Waals surface area contributed by atoms with Crippen LogP contribution in [-0.2, 0) is 0 Å². The van der Waals surface area contributed by atoms with Crippen LogP contribution in [0.4, 0.5) is 9.52 Å². The fourth-order valence-corrected chi connectivity index (χ4v) is 3.73. The third kappa shape index (κ3) is 4.74. The molecule has 2 aromatic carbocycles. The quantitative estimate of drug-likeness (QED) is 0.494. The summed E-state index contributed by atoms with van der Waals surface area (Å²) in [4.78, 5) is 19.6. The molecule has 0 unspecified atom stereocenters. The highest BCUT2D eigenvalue weighted by molar-refractivity contribution is 7.14. The van der Waals surface area contributed by atoms with Gasteiger partial charge < -0.3 is 9.47 Å². The van der Waals surface area contributed by atoms with Gasteiger partial charge in [0.05, 0.1) is 19.9 Å². The van der Waals surface area contributed by atoms with E-state index in [1.54, 1.807) is 42.3 Å². The van der Waals surface area contributed by atoms with Gasteiger partial charge in [-0.05, 0) is 48.9 Å². The number of hydrogen-bond donors (Lipinski definition) is 0. The molecule has 3 aromatic rings. The number of benzene rings is 2. The van der Waals surface area contributed by atoms with Gasteiger partial charge in [-0.15, -0.1) is 11.3 Å². The first-order valence-electron chi connectivity index (χ1n) is 9.32. The van der Waals surface area contributed by atoms with E-state index in [0.29, 0.717) is 34.4 Å². The van der Waals surface area contributed by atoms with Crippen LogP contribution in [-0.4, -0.2) is 31.7 Å². The number of rotatable bonds is 8. The van der Waals surface area contributed by atoms with Crippen LogP contribution in [0, 0.1) is 5.82 Å². The predicted octanol–water partition coefficient (Wildman–Crippen LogP) is 5.41. The number of carbonyl (C=O) groups excluding carboxylic acids is 1. The molecule has 29 heavy (non-hydrogen) atoms. The predicted molar refractivity (Wildman–Crippen MR) is 114 cm³/mol. The Hall–Kier alpha value is -2.93. The zero-order valence-electron chi connectivity index (χ0n) is 16.6. The molecule has 0 aliphatic heterocycles. The summed E-state index contributed by atoms with van der Waals surface area (Å²) >= 11 is 1.39. The lowest BCUT2D eigenvalue weighted by molar-refractivity contribution is 0.0986. The van der Waals surface area contributed by atoms with Gasteiger partial charge in [-0.3, -0.25) is 9.69 Å². The molecule has 0 bridgehead atoms. The van der Waals surface area contributed by atoms with Crippen LogP contribution >= 0.6 is 11.3 Å². The number of hydrogen-bond acceptors (Lipinski definition) is 5. The molecule has 0 saturated carbocycles. The van der Waals surface area contributed by atoms with Crippen LogP contribution in [0.2, 0.25) is 0 Å². The van der Waals surface area contributed by atoms with Crippen LogP contribution in [0.1, 0.15) is 30.1 Å². The number of unbranched alkanes of at least 4 members (excludes halogenated alkanes) is 1. The third-order valence-corrected chi connectivity index (χ3v) is 5.34. The summed E-state index contributed by atoms with van der Waals surface area (Å²) in [6, 6.07) is 11.3. The molecule has 0 atom stereocenters. The lowest BCUT2D eigenvalue weighted by Crippen LogP contribution is -2.31. The molecule has 0 aliphatic rings. The Morgan fingerprint density at radius 3 is 2.48 bits per heavy atom. The standard InChI is InChI=1S/C22H23FN2O3S/c1-4-5-12-25(21(26)16-8-11-19(27-2)20(13-16)28-3)22-24-18(14-29-22)15-6-9-17(23)10-7-15/h6-11,13-14H,4-5,12H2,1-3H3. The van der Waals surface area contributed by atoms with Crippen LogP contribution in [0.15, 0.2) is 47.8 Å². The molecular weight excluding hydrogens is 391 g/mol. The molecule has 0 aliphatic carbocycles. The molecule has 1 heterocycles. The van der Waals surface area contributed by atoms with Crippen LogP contribution in [0.25, 0.3) is 11.3 Å². The Balaban J connectivity index is 1.92. The molecule has 0 radical (unpaired) electrons. The van der Waals surface area contributed by atoms with Gasteiger partial charge >= 0.3 is 0 Å². The maximum absolute atomic E-state index is 13.3. The molecule has 7 heteroatoms. The van der Waals surface area contributed by atoms with Gasteiger partial charge in [-0.25, -0.2) is 9.37 Å². The number of aromatic nitrogens is 1. The van der Waals surface area contributed by atoms with E-state index >= 15 is 0 Å². The molecule has 1 amide bonds. The smallest absolute Gasteiger partial charge is 0.260 e. The fourth-order valence-electron chi connectivity index (χ4n) is 2.87. The summed E-state index contributed by atoms with van der Waals surface area (Å²) in [6.45, 7) is 2.63. The number of amides is 1. The van der Waals surface area contributed by atoms with Crippen molar-refractivity contribution in [3.05, 3.63) is 59.2 Å². The highest BCUT2D eigenvalue weighted by Gasteiger charge is 2.22. The van der Waals surface area contributed by atoms with Crippen LogP contribution < -0.4 is 14.4 Å². The lowest BCUT2D eigenvalue weighted by atomic mass is 10.1. The van der Waals surface area contributed by atoms with Crippen molar-refractivity contribution in [3.8, 4) is 22.8 Å². The second-order valence-corrected chi connectivity index (χ2v) is 7.24. The van der Waals surface area contributed by atoms with Gasteiger partial charge in [0.15, 0.2) is 16.6 Å². The van der Waals surface area contributed by atoms with Crippen molar-refractivity contribution in [3.63, 3.8) is 0 Å². The number of nitrogens with zero attached hydrogens (tertiary/aromatic N) is 2. The largest absolute Gasteiger partial charge is 0.493 e. The highest BCUT2D eigenvalue weighted by atomic mass is 32.1. The van der Waals surface area contributed by atoms with E-state index in [1.165, 1.54) is 30.6 Å². The van der Waals surface area contributed by atoms with E-state index in [9.17, 15) is 9.18 Å². The zero-order chi connectivity index (χ0) is 20.8. The molecule has 0 N–H and O–H groups in total. The fraction of sp³-hybridized carbons (Fsp3) is 0.273. The first-order chi connectivity index (χ1) is 14.1. The summed E-state index contributed by atoms with van der Waals surface area (Å²) in [5.41, 5.74) is 2.02. The first kappa shape index (κ1) is 20.8. The van der Waals surface area contributed by atoms with Crippen LogP contribution in [0.3, 0.4) is 0 Å². The van der Waals surface area contributed by atoms with Gasteiger partial charge in [0, 0.05) is 23.1 Å². The molecule has 0 fully saturated rings. The zero-order valence-corrected chi connectivity index (χ0v) is 17.5. The van der Waals surface area contributed by atoms with Crippen LogP contribution in [0.5, 0.6) is 11.5 Å². The van der Waals surface area contributed by atoms with Crippen molar-refractivity contribution in [2.75, 3.05) is 25.7 Å². The van der Waals surface area contributed by atoms with Gasteiger partial charge in [0.25, 0.3) is 5.91 Å². The van der Waals surface area contributed by atoms with Gasteiger partial charge in [-0.2, -0.15) is 0 Å². The second kappa shape index (κ2) is 9.52. The van der Waals surface area contributed by atoms with E-state index in [2.05, 4.69) is 11.9 Å². The third-order valence-electron chi connectivity index (χ3n) is 4.47. The average molecular weight is 415 g/mol. The Morgan fingerprint density at radius 1 is 1.10 bits per heavy atom. The Labute approximate surface area is 173 Å². The number of anilines is 1. The van der Waals surface area contributed by atoms with Crippen molar-refractivity contribution in [2.45, 2.75) is 19.8 Å². The van der Waals surface area contributed by atoms with Gasteiger partial charge in [-0.1, -0.05) is 13.3 Å². The molecule has 5 nitrogen and oxygen atoms in total.